The standard InChI is InChI=1S/C16H20N4O2/c1-11-14(18-16(22)17-11)15(21)12-3-5-13(6-4-12)20-9-7-19(2)8-10-20/h3-6H,7-10H2,1-2H3,(H2,17,18,22). The number of nitrogens with one attached hydrogen (secondary N) is 2. The van der Waals surface area contributed by atoms with Crippen molar-refractivity contribution in [2.45, 2.75) is 6.92 Å². The number of imidazole rings is 1. The Kier molecular flexibility index (Phi) is 3.85. The van der Waals surface area contributed by atoms with Crippen LogP contribution in [0.3, 0.4) is 0 Å². The van der Waals surface area contributed by atoms with Gasteiger partial charge in [0.2, 0.25) is 5.78 Å². The molecule has 1 aromatic carbocycles. The maximum absolute atomic E-state index is 12.4. The van der Waals surface area contributed by atoms with Crippen molar-refractivity contribution in [2.24, 2.45) is 0 Å². The molecule has 2 N–H and O–H groups in total. The Morgan fingerprint density at radius 2 is 1.68 bits per heavy atom. The smallest absolute Gasteiger partial charge is 0.323 e. The Balaban J connectivity index is 1.78. The average Bonchev–Trinajstić information content (AvgIpc) is 2.86. The summed E-state index contributed by atoms with van der Waals surface area (Å²) in [5.74, 6) is -0.166. The average molecular weight is 300 g/mol. The molecule has 1 aromatic heterocycles. The summed E-state index contributed by atoms with van der Waals surface area (Å²) in [4.78, 5) is 33.4. The van der Waals surface area contributed by atoms with Gasteiger partial charge in [-0.05, 0) is 38.2 Å². The van der Waals surface area contributed by atoms with E-state index < -0.39 is 0 Å². The van der Waals surface area contributed by atoms with Crippen molar-refractivity contribution in [2.75, 3.05) is 38.1 Å². The van der Waals surface area contributed by atoms with Crippen molar-refractivity contribution < 1.29 is 4.79 Å². The molecule has 0 spiro atoms. The zero-order valence-electron chi connectivity index (χ0n) is 12.8. The zero-order chi connectivity index (χ0) is 15.7. The normalized spacial score (nSPS) is 16.0. The van der Waals surface area contributed by atoms with Crippen LogP contribution in [0.25, 0.3) is 0 Å². The second kappa shape index (κ2) is 5.81. The molecule has 1 aliphatic heterocycles. The minimum atomic E-state index is -0.352. The number of likely N-dealkylation sites (N-methyl/N-ethyl adjacent to an activating group) is 1. The molecule has 0 unspecified atom stereocenters. The molecule has 0 saturated carbocycles. The molecule has 0 radical (unpaired) electrons. The van der Waals surface area contributed by atoms with E-state index in [4.69, 9.17) is 0 Å². The summed E-state index contributed by atoms with van der Waals surface area (Å²) in [7, 11) is 2.12. The fraction of sp³-hybridized carbons (Fsp3) is 0.375. The van der Waals surface area contributed by atoms with E-state index in [2.05, 4.69) is 26.8 Å². The number of aryl methyl sites for hydroxylation is 1. The Morgan fingerprint density at radius 3 is 2.23 bits per heavy atom. The highest BCUT2D eigenvalue weighted by Crippen LogP contribution is 2.18. The van der Waals surface area contributed by atoms with Gasteiger partial charge in [0.25, 0.3) is 0 Å². The number of anilines is 1. The lowest BCUT2D eigenvalue weighted by molar-refractivity contribution is 0.103. The molecule has 1 aliphatic rings. The molecule has 0 amide bonds. The van der Waals surface area contributed by atoms with Crippen LogP contribution >= 0.6 is 0 Å². The van der Waals surface area contributed by atoms with Gasteiger partial charge >= 0.3 is 5.69 Å². The lowest BCUT2D eigenvalue weighted by Crippen LogP contribution is -2.44. The first-order chi connectivity index (χ1) is 10.5. The quantitative estimate of drug-likeness (QED) is 0.829. The maximum Gasteiger partial charge on any atom is 0.323 e. The van der Waals surface area contributed by atoms with Crippen LogP contribution in [0.15, 0.2) is 29.1 Å². The number of hydrogen-bond donors (Lipinski definition) is 2. The lowest BCUT2D eigenvalue weighted by Gasteiger charge is -2.34. The lowest BCUT2D eigenvalue weighted by atomic mass is 10.1. The number of hydrogen-bond acceptors (Lipinski definition) is 4. The van der Waals surface area contributed by atoms with Crippen LogP contribution in [0.2, 0.25) is 0 Å². The van der Waals surface area contributed by atoms with Crippen LogP contribution in [0.1, 0.15) is 21.7 Å². The van der Waals surface area contributed by atoms with E-state index in [1.807, 2.05) is 24.3 Å². The molecular formula is C16H20N4O2. The number of carbonyl (C=O) groups is 1. The van der Waals surface area contributed by atoms with E-state index in [1.165, 1.54) is 0 Å². The van der Waals surface area contributed by atoms with E-state index in [0.717, 1.165) is 31.9 Å². The largest absolute Gasteiger partial charge is 0.369 e. The van der Waals surface area contributed by atoms with Gasteiger partial charge in [0, 0.05) is 43.1 Å². The van der Waals surface area contributed by atoms with Crippen LogP contribution in [-0.4, -0.2) is 53.9 Å². The van der Waals surface area contributed by atoms with Crippen molar-refractivity contribution >= 4 is 11.5 Å². The molecule has 1 fully saturated rings. The number of H-pyrrole nitrogens is 2. The number of nitrogens with zero attached hydrogens (tertiary/aromatic N) is 2. The molecule has 1 saturated heterocycles. The molecule has 2 heterocycles. The van der Waals surface area contributed by atoms with Crippen LogP contribution < -0.4 is 10.6 Å². The van der Waals surface area contributed by atoms with Crippen molar-refractivity contribution in [3.8, 4) is 0 Å². The van der Waals surface area contributed by atoms with Gasteiger partial charge in [-0.2, -0.15) is 0 Å². The predicted octanol–water partition coefficient (Wildman–Crippen LogP) is 0.994. The van der Waals surface area contributed by atoms with E-state index >= 15 is 0 Å². The molecule has 22 heavy (non-hydrogen) atoms. The zero-order valence-corrected chi connectivity index (χ0v) is 12.8. The van der Waals surface area contributed by atoms with Gasteiger partial charge in [-0.3, -0.25) is 4.79 Å². The third-order valence-electron chi connectivity index (χ3n) is 4.14. The number of ketones is 1. The van der Waals surface area contributed by atoms with Gasteiger partial charge in [0.05, 0.1) is 0 Å². The number of aromatic nitrogens is 2. The van der Waals surface area contributed by atoms with Crippen LogP contribution in [0.4, 0.5) is 5.69 Å². The van der Waals surface area contributed by atoms with Crippen LogP contribution in [0, 0.1) is 6.92 Å². The van der Waals surface area contributed by atoms with Crippen molar-refractivity contribution in [1.82, 2.24) is 14.9 Å². The number of rotatable bonds is 3. The second-order valence-corrected chi connectivity index (χ2v) is 5.75. The van der Waals surface area contributed by atoms with Crippen LogP contribution in [0.5, 0.6) is 0 Å². The second-order valence-electron chi connectivity index (χ2n) is 5.75. The van der Waals surface area contributed by atoms with E-state index in [0.29, 0.717) is 17.0 Å². The van der Waals surface area contributed by atoms with E-state index in [1.54, 1.807) is 6.92 Å². The maximum atomic E-state index is 12.4. The Hall–Kier alpha value is -2.34. The fourth-order valence-corrected chi connectivity index (χ4v) is 2.73. The molecule has 0 aliphatic carbocycles. The Morgan fingerprint density at radius 1 is 1.05 bits per heavy atom. The van der Waals surface area contributed by atoms with Gasteiger partial charge in [-0.1, -0.05) is 0 Å². The Labute approximate surface area is 128 Å². The molecule has 116 valence electrons. The van der Waals surface area contributed by atoms with Crippen molar-refractivity contribution in [3.63, 3.8) is 0 Å². The molecule has 6 nitrogen and oxygen atoms in total. The Bertz CT molecular complexity index is 721. The molecule has 6 heteroatoms. The topological polar surface area (TPSA) is 72.2 Å². The third-order valence-corrected chi connectivity index (χ3v) is 4.14. The highest BCUT2D eigenvalue weighted by molar-refractivity contribution is 6.08. The monoisotopic (exact) mass is 300 g/mol. The molecule has 3 rings (SSSR count). The highest BCUT2D eigenvalue weighted by atomic mass is 16.1. The molecule has 2 aromatic rings. The third kappa shape index (κ3) is 2.82. The van der Waals surface area contributed by atoms with Crippen molar-refractivity contribution in [3.05, 3.63) is 51.7 Å². The first-order valence-corrected chi connectivity index (χ1v) is 7.42. The van der Waals surface area contributed by atoms with Gasteiger partial charge in [-0.25, -0.2) is 4.79 Å². The van der Waals surface area contributed by atoms with E-state index in [-0.39, 0.29) is 11.5 Å². The fourth-order valence-electron chi connectivity index (χ4n) is 2.73. The SMILES string of the molecule is Cc1[nH]c(=O)[nH]c1C(=O)c1ccc(N2CCN(C)CC2)cc1. The minimum absolute atomic E-state index is 0.166. The molecule has 0 atom stereocenters. The minimum Gasteiger partial charge on any atom is -0.369 e. The van der Waals surface area contributed by atoms with Gasteiger partial charge < -0.3 is 19.8 Å². The summed E-state index contributed by atoms with van der Waals surface area (Å²) < 4.78 is 0. The summed E-state index contributed by atoms with van der Waals surface area (Å²) in [5.41, 5.74) is 2.26. The summed E-state index contributed by atoms with van der Waals surface area (Å²) in [6.45, 7) is 5.79. The summed E-state index contributed by atoms with van der Waals surface area (Å²) in [6, 6.07) is 7.58. The first kappa shape index (κ1) is 14.6. The molecular weight excluding hydrogens is 280 g/mol. The number of benzene rings is 1. The highest BCUT2D eigenvalue weighted by Gasteiger charge is 2.17. The predicted molar refractivity (Wildman–Crippen MR) is 85.7 cm³/mol. The van der Waals surface area contributed by atoms with Crippen LogP contribution in [-0.2, 0) is 0 Å². The van der Waals surface area contributed by atoms with Gasteiger partial charge in [0.1, 0.15) is 5.69 Å². The summed E-state index contributed by atoms with van der Waals surface area (Å²) >= 11 is 0. The first-order valence-electron chi connectivity index (χ1n) is 7.42. The number of aromatic amines is 2. The van der Waals surface area contributed by atoms with E-state index in [9.17, 15) is 9.59 Å². The summed E-state index contributed by atoms with van der Waals surface area (Å²) in [6.07, 6.45) is 0. The van der Waals surface area contributed by atoms with Crippen molar-refractivity contribution in [1.29, 1.82) is 0 Å². The number of carbonyl (C=O) groups excluding carboxylic acids is 1. The van der Waals surface area contributed by atoms with Gasteiger partial charge in [0.15, 0.2) is 0 Å². The molecule has 0 bridgehead atoms. The number of piperazine rings is 1. The van der Waals surface area contributed by atoms with Gasteiger partial charge in [-0.15, -0.1) is 0 Å². The summed E-state index contributed by atoms with van der Waals surface area (Å²) in [5, 5.41) is 0.